The first-order chi connectivity index (χ1) is 20.8. The van der Waals surface area contributed by atoms with Gasteiger partial charge in [-0.25, -0.2) is 0 Å². The Morgan fingerprint density at radius 1 is 0.628 bits per heavy atom. The fourth-order valence-electron chi connectivity index (χ4n) is 5.52. The Kier molecular flexibility index (Phi) is 22.9. The number of unbranched alkanes of at least 4 members (excludes halogenated alkanes) is 17. The predicted octanol–water partition coefficient (Wildman–Crippen LogP) is 10.9. The highest BCUT2D eigenvalue weighted by atomic mass is 16.6. The summed E-state index contributed by atoms with van der Waals surface area (Å²) in [6.07, 6.45) is 26.3. The predicted molar refractivity (Wildman–Crippen MR) is 180 cm³/mol. The van der Waals surface area contributed by atoms with Crippen LogP contribution in [0.5, 0.6) is 5.75 Å². The molecule has 0 unspecified atom stereocenters. The van der Waals surface area contributed by atoms with E-state index in [2.05, 4.69) is 33.8 Å². The van der Waals surface area contributed by atoms with Crippen molar-refractivity contribution in [1.29, 1.82) is 0 Å². The molecule has 0 spiro atoms. The number of carbonyl (C=O) groups excluding carboxylic acids is 2. The van der Waals surface area contributed by atoms with Crippen molar-refractivity contribution in [3.63, 3.8) is 0 Å². The molecule has 1 aromatic carbocycles. The molecule has 0 radical (unpaired) electrons. The van der Waals surface area contributed by atoms with Crippen LogP contribution in [0.2, 0.25) is 0 Å². The van der Waals surface area contributed by atoms with E-state index in [1.54, 1.807) is 0 Å². The fraction of sp³-hybridized carbons (Fsp3) is 0.789. The number of aromatic hydroxyl groups is 1. The molecule has 248 valence electrons. The Balaban J connectivity index is 1.91. The van der Waals surface area contributed by atoms with Crippen LogP contribution in [0.15, 0.2) is 18.2 Å². The van der Waals surface area contributed by atoms with Gasteiger partial charge in [0.05, 0.1) is 0 Å². The maximum absolute atomic E-state index is 12.0. The normalized spacial score (nSPS) is 11.5. The molecule has 0 aliphatic heterocycles. The number of phenolic OH excluding ortho intramolecular Hbond substituents is 1. The van der Waals surface area contributed by atoms with Crippen LogP contribution in [0, 0.1) is 0 Å². The van der Waals surface area contributed by atoms with E-state index in [0.29, 0.717) is 18.6 Å². The molecule has 1 N–H and O–H groups in total. The molecule has 0 amide bonds. The van der Waals surface area contributed by atoms with Crippen LogP contribution in [0.25, 0.3) is 0 Å². The van der Waals surface area contributed by atoms with Crippen LogP contribution in [0.1, 0.15) is 180 Å². The van der Waals surface area contributed by atoms with E-state index in [1.165, 1.54) is 89.0 Å². The Morgan fingerprint density at radius 3 is 1.49 bits per heavy atom. The molecule has 0 atom stereocenters. The van der Waals surface area contributed by atoms with E-state index in [4.69, 9.17) is 9.47 Å². The Labute approximate surface area is 264 Å². The summed E-state index contributed by atoms with van der Waals surface area (Å²) in [6.45, 7) is 9.03. The largest absolute Gasteiger partial charge is 0.508 e. The number of hydrogen-bond donors (Lipinski definition) is 1. The number of benzene rings is 1. The lowest BCUT2D eigenvalue weighted by molar-refractivity contribution is -0.152. The highest BCUT2D eigenvalue weighted by Gasteiger charge is 2.22. The lowest BCUT2D eigenvalue weighted by Gasteiger charge is -2.25. The Bertz CT molecular complexity index is 847. The number of ether oxygens (including phenoxy) is 2. The maximum Gasteiger partial charge on any atom is 0.305 e. The summed E-state index contributed by atoms with van der Waals surface area (Å²) in [5.74, 6) is -0.0303. The van der Waals surface area contributed by atoms with Crippen LogP contribution in [-0.4, -0.2) is 30.3 Å². The second kappa shape index (κ2) is 25.3. The van der Waals surface area contributed by atoms with Crippen molar-refractivity contribution in [3.05, 3.63) is 29.3 Å². The average molecular weight is 603 g/mol. The first-order valence-corrected chi connectivity index (χ1v) is 17.9. The maximum atomic E-state index is 12.0. The molecule has 0 aromatic heterocycles. The Hall–Kier alpha value is -2.04. The number of phenols is 1. The molecule has 1 rings (SSSR count). The quantitative estimate of drug-likeness (QED) is 0.0763. The third-order valence-electron chi connectivity index (χ3n) is 8.86. The van der Waals surface area contributed by atoms with E-state index >= 15 is 0 Å². The van der Waals surface area contributed by atoms with E-state index in [-0.39, 0.29) is 30.6 Å². The molecule has 0 saturated heterocycles. The zero-order valence-corrected chi connectivity index (χ0v) is 28.5. The molecular weight excluding hydrogens is 536 g/mol. The molecular formula is C38H66O5. The van der Waals surface area contributed by atoms with Gasteiger partial charge in [-0.3, -0.25) is 9.59 Å². The van der Waals surface area contributed by atoms with Crippen molar-refractivity contribution in [3.8, 4) is 5.75 Å². The lowest BCUT2D eigenvalue weighted by atomic mass is 9.80. The molecule has 1 aromatic rings. The van der Waals surface area contributed by atoms with E-state index in [1.807, 2.05) is 12.1 Å². The highest BCUT2D eigenvalue weighted by Crippen LogP contribution is 2.34. The van der Waals surface area contributed by atoms with Gasteiger partial charge in [-0.05, 0) is 54.7 Å². The van der Waals surface area contributed by atoms with Crippen LogP contribution in [0.4, 0.5) is 0 Å². The highest BCUT2D eigenvalue weighted by molar-refractivity contribution is 5.70. The van der Waals surface area contributed by atoms with Crippen molar-refractivity contribution in [2.75, 3.05) is 13.2 Å². The van der Waals surface area contributed by atoms with Crippen LogP contribution in [-0.2, 0) is 30.9 Å². The zero-order valence-electron chi connectivity index (χ0n) is 28.5. The number of rotatable bonds is 28. The minimum absolute atomic E-state index is 0.0374. The van der Waals surface area contributed by atoms with Crippen molar-refractivity contribution >= 4 is 11.9 Å². The van der Waals surface area contributed by atoms with Crippen molar-refractivity contribution in [1.82, 2.24) is 0 Å². The standard InChI is InChI=1S/C38H66O5/c1-5-7-8-9-10-11-12-13-14-15-16-17-18-19-23-26-36(40)42-30-31-43-37(41)27-24-21-20-22-25-33-28-29-35(39)34(32-33)38(3,4)6-2/h28-29,32,39H,5-27,30-31H2,1-4H3. The molecule has 5 heteroatoms. The topological polar surface area (TPSA) is 72.8 Å². The van der Waals surface area contributed by atoms with Crippen molar-refractivity contribution < 1.29 is 24.2 Å². The summed E-state index contributed by atoms with van der Waals surface area (Å²) in [6, 6.07) is 5.97. The van der Waals surface area contributed by atoms with Gasteiger partial charge in [-0.15, -0.1) is 0 Å². The van der Waals surface area contributed by atoms with Gasteiger partial charge < -0.3 is 14.6 Å². The second-order valence-electron chi connectivity index (χ2n) is 13.1. The first kappa shape index (κ1) is 39.0. The Morgan fingerprint density at radius 2 is 1.05 bits per heavy atom. The SMILES string of the molecule is CCCCCCCCCCCCCCCCCC(=O)OCCOC(=O)CCCCCCc1ccc(O)c(C(C)(C)CC)c1. The third kappa shape index (κ3) is 20.5. The molecule has 0 aliphatic carbocycles. The van der Waals surface area contributed by atoms with Gasteiger partial charge in [0, 0.05) is 12.8 Å². The summed E-state index contributed by atoms with van der Waals surface area (Å²) in [5.41, 5.74) is 2.23. The van der Waals surface area contributed by atoms with Crippen LogP contribution < -0.4 is 0 Å². The van der Waals surface area contributed by atoms with Gasteiger partial charge in [-0.2, -0.15) is 0 Å². The van der Waals surface area contributed by atoms with Crippen molar-refractivity contribution in [2.45, 2.75) is 181 Å². The van der Waals surface area contributed by atoms with Gasteiger partial charge in [0.1, 0.15) is 19.0 Å². The number of hydrogen-bond acceptors (Lipinski definition) is 5. The minimum atomic E-state index is -0.219. The zero-order chi connectivity index (χ0) is 31.6. The molecule has 0 saturated carbocycles. The minimum Gasteiger partial charge on any atom is -0.508 e. The van der Waals surface area contributed by atoms with E-state index in [9.17, 15) is 14.7 Å². The smallest absolute Gasteiger partial charge is 0.305 e. The molecule has 0 aliphatic rings. The van der Waals surface area contributed by atoms with E-state index in [0.717, 1.165) is 56.9 Å². The molecule has 0 heterocycles. The molecule has 43 heavy (non-hydrogen) atoms. The fourth-order valence-corrected chi connectivity index (χ4v) is 5.52. The van der Waals surface area contributed by atoms with Crippen LogP contribution >= 0.6 is 0 Å². The number of esters is 2. The van der Waals surface area contributed by atoms with Gasteiger partial charge >= 0.3 is 11.9 Å². The monoisotopic (exact) mass is 602 g/mol. The summed E-state index contributed by atoms with van der Waals surface area (Å²) in [5, 5.41) is 10.2. The van der Waals surface area contributed by atoms with Crippen LogP contribution in [0.3, 0.4) is 0 Å². The van der Waals surface area contributed by atoms with E-state index < -0.39 is 0 Å². The number of carbonyl (C=O) groups is 2. The molecule has 0 bridgehead atoms. The summed E-state index contributed by atoms with van der Waals surface area (Å²) in [7, 11) is 0. The third-order valence-corrected chi connectivity index (χ3v) is 8.86. The number of aryl methyl sites for hydroxylation is 1. The second-order valence-corrected chi connectivity index (χ2v) is 13.1. The summed E-state index contributed by atoms with van der Waals surface area (Å²) < 4.78 is 10.4. The lowest BCUT2D eigenvalue weighted by Crippen LogP contribution is -2.16. The molecule has 5 nitrogen and oxygen atoms in total. The first-order valence-electron chi connectivity index (χ1n) is 17.9. The average Bonchev–Trinajstić information content (AvgIpc) is 2.99. The van der Waals surface area contributed by atoms with Gasteiger partial charge in [0.15, 0.2) is 0 Å². The summed E-state index contributed by atoms with van der Waals surface area (Å²) >= 11 is 0. The van der Waals surface area contributed by atoms with Crippen molar-refractivity contribution in [2.24, 2.45) is 0 Å². The summed E-state index contributed by atoms with van der Waals surface area (Å²) in [4.78, 5) is 23.9. The van der Waals surface area contributed by atoms with Gasteiger partial charge in [0.25, 0.3) is 0 Å². The molecule has 0 fully saturated rings. The van der Waals surface area contributed by atoms with Gasteiger partial charge in [-0.1, -0.05) is 143 Å². The van der Waals surface area contributed by atoms with Gasteiger partial charge in [0.2, 0.25) is 0 Å².